The first-order chi connectivity index (χ1) is 5.72. The molecule has 0 aromatic carbocycles. The van der Waals surface area contributed by atoms with E-state index < -0.39 is 0 Å². The summed E-state index contributed by atoms with van der Waals surface area (Å²) in [6, 6.07) is 0.541. The number of hydrogen-bond acceptors (Lipinski definition) is 2. The van der Waals surface area contributed by atoms with Crippen LogP contribution in [-0.2, 0) is 7.05 Å². The monoisotopic (exact) mass is 167 g/mol. The van der Waals surface area contributed by atoms with Crippen LogP contribution in [0.5, 0.6) is 0 Å². The number of nitrogens with zero attached hydrogens (tertiary/aromatic N) is 2. The van der Waals surface area contributed by atoms with Crippen LogP contribution in [0.15, 0.2) is 12.4 Å². The Balaban J connectivity index is 2.41. The zero-order valence-corrected chi connectivity index (χ0v) is 8.04. The lowest BCUT2D eigenvalue weighted by molar-refractivity contribution is 0.690. The van der Waals surface area contributed by atoms with Crippen molar-refractivity contribution in [3.8, 4) is 0 Å². The minimum Gasteiger partial charge on any atom is -0.380 e. The number of rotatable bonds is 4. The zero-order chi connectivity index (χ0) is 8.97. The topological polar surface area (TPSA) is 29.9 Å². The van der Waals surface area contributed by atoms with Gasteiger partial charge in [0.05, 0.1) is 11.9 Å². The van der Waals surface area contributed by atoms with Gasteiger partial charge in [-0.15, -0.1) is 0 Å². The summed E-state index contributed by atoms with van der Waals surface area (Å²) in [5.41, 5.74) is 1.11. The molecule has 3 nitrogen and oxygen atoms in total. The molecule has 0 saturated carbocycles. The molecular formula is C9H17N3. The lowest BCUT2D eigenvalue weighted by atomic mass is 10.2. The van der Waals surface area contributed by atoms with Crippen molar-refractivity contribution in [3.05, 3.63) is 12.4 Å². The Hall–Kier alpha value is -0.990. The first-order valence-electron chi connectivity index (χ1n) is 4.47. The van der Waals surface area contributed by atoms with Crippen molar-refractivity contribution in [2.45, 2.75) is 32.7 Å². The van der Waals surface area contributed by atoms with Crippen molar-refractivity contribution in [3.63, 3.8) is 0 Å². The molecule has 0 amide bonds. The van der Waals surface area contributed by atoms with Gasteiger partial charge in [-0.25, -0.2) is 0 Å². The van der Waals surface area contributed by atoms with Crippen LogP contribution >= 0.6 is 0 Å². The summed E-state index contributed by atoms with van der Waals surface area (Å²) in [6.07, 6.45) is 6.27. The molecule has 0 spiro atoms. The summed E-state index contributed by atoms with van der Waals surface area (Å²) in [5.74, 6) is 0. The van der Waals surface area contributed by atoms with Crippen LogP contribution in [0, 0.1) is 0 Å². The summed E-state index contributed by atoms with van der Waals surface area (Å²) in [7, 11) is 1.93. The molecule has 0 fully saturated rings. The Kier molecular flexibility index (Phi) is 3.14. The van der Waals surface area contributed by atoms with Crippen LogP contribution in [0.1, 0.15) is 26.7 Å². The number of aryl methyl sites for hydroxylation is 1. The second-order valence-corrected chi connectivity index (χ2v) is 3.24. The predicted molar refractivity (Wildman–Crippen MR) is 51.2 cm³/mol. The van der Waals surface area contributed by atoms with E-state index in [9.17, 15) is 0 Å². The number of aromatic nitrogens is 2. The van der Waals surface area contributed by atoms with Crippen LogP contribution in [0.4, 0.5) is 5.69 Å². The zero-order valence-electron chi connectivity index (χ0n) is 8.04. The smallest absolute Gasteiger partial charge is 0.0728 e. The molecule has 0 bridgehead atoms. The van der Waals surface area contributed by atoms with E-state index in [0.29, 0.717) is 6.04 Å². The van der Waals surface area contributed by atoms with Crippen molar-refractivity contribution in [1.82, 2.24) is 9.78 Å². The minimum atomic E-state index is 0.541. The first kappa shape index (κ1) is 9.10. The summed E-state index contributed by atoms with van der Waals surface area (Å²) in [4.78, 5) is 0. The van der Waals surface area contributed by atoms with Gasteiger partial charge in [0.2, 0.25) is 0 Å². The van der Waals surface area contributed by atoms with Crippen LogP contribution in [-0.4, -0.2) is 15.8 Å². The third kappa shape index (κ3) is 2.57. The molecule has 0 aliphatic carbocycles. The average Bonchev–Trinajstić information content (AvgIpc) is 2.36. The maximum Gasteiger partial charge on any atom is 0.0728 e. The molecule has 0 saturated heterocycles. The van der Waals surface area contributed by atoms with E-state index in [2.05, 4.69) is 24.3 Å². The Labute approximate surface area is 73.8 Å². The Bertz CT molecular complexity index is 229. The standard InChI is InChI=1S/C9H17N3/c1-4-5-8(2)11-9-6-10-12(3)7-9/h6-8,11H,4-5H2,1-3H3/t8-/m0/s1. The van der Waals surface area contributed by atoms with E-state index in [1.807, 2.05) is 19.4 Å². The molecule has 1 aromatic rings. The Morgan fingerprint density at radius 1 is 1.67 bits per heavy atom. The highest BCUT2D eigenvalue weighted by molar-refractivity contribution is 5.38. The van der Waals surface area contributed by atoms with Gasteiger partial charge in [-0.1, -0.05) is 13.3 Å². The van der Waals surface area contributed by atoms with Crippen LogP contribution in [0.3, 0.4) is 0 Å². The van der Waals surface area contributed by atoms with Gasteiger partial charge in [-0.2, -0.15) is 5.10 Å². The highest BCUT2D eigenvalue weighted by atomic mass is 15.3. The molecule has 0 unspecified atom stereocenters. The summed E-state index contributed by atoms with van der Waals surface area (Å²) in [6.45, 7) is 4.39. The minimum absolute atomic E-state index is 0.541. The van der Waals surface area contributed by atoms with Crippen molar-refractivity contribution in [2.24, 2.45) is 7.05 Å². The van der Waals surface area contributed by atoms with Gasteiger partial charge < -0.3 is 5.32 Å². The molecular weight excluding hydrogens is 150 g/mol. The third-order valence-electron chi connectivity index (χ3n) is 1.84. The van der Waals surface area contributed by atoms with Gasteiger partial charge in [0.25, 0.3) is 0 Å². The largest absolute Gasteiger partial charge is 0.380 e. The molecule has 3 heteroatoms. The molecule has 0 aliphatic rings. The molecule has 68 valence electrons. The van der Waals surface area contributed by atoms with Crippen molar-refractivity contribution < 1.29 is 0 Å². The van der Waals surface area contributed by atoms with Gasteiger partial charge in [-0.3, -0.25) is 4.68 Å². The second-order valence-electron chi connectivity index (χ2n) is 3.24. The molecule has 1 N–H and O–H groups in total. The number of hydrogen-bond donors (Lipinski definition) is 1. The molecule has 1 heterocycles. The fourth-order valence-corrected chi connectivity index (χ4v) is 1.29. The summed E-state index contributed by atoms with van der Waals surface area (Å²) in [5, 5.41) is 7.46. The van der Waals surface area contributed by atoms with Gasteiger partial charge in [0.1, 0.15) is 0 Å². The van der Waals surface area contributed by atoms with Crippen LogP contribution in [0.2, 0.25) is 0 Å². The number of nitrogens with one attached hydrogen (secondary N) is 1. The third-order valence-corrected chi connectivity index (χ3v) is 1.84. The fraction of sp³-hybridized carbons (Fsp3) is 0.667. The van der Waals surface area contributed by atoms with Gasteiger partial charge in [0.15, 0.2) is 0 Å². The predicted octanol–water partition coefficient (Wildman–Crippen LogP) is 2.02. The highest BCUT2D eigenvalue weighted by Gasteiger charge is 2.00. The van der Waals surface area contributed by atoms with Gasteiger partial charge in [-0.05, 0) is 13.3 Å². The van der Waals surface area contributed by atoms with E-state index in [1.54, 1.807) is 4.68 Å². The van der Waals surface area contributed by atoms with E-state index in [1.165, 1.54) is 12.8 Å². The van der Waals surface area contributed by atoms with Crippen molar-refractivity contribution in [1.29, 1.82) is 0 Å². The second kappa shape index (κ2) is 4.14. The van der Waals surface area contributed by atoms with Crippen molar-refractivity contribution >= 4 is 5.69 Å². The van der Waals surface area contributed by atoms with Crippen molar-refractivity contribution in [2.75, 3.05) is 5.32 Å². The summed E-state index contributed by atoms with van der Waals surface area (Å²) >= 11 is 0. The van der Waals surface area contributed by atoms with E-state index in [0.717, 1.165) is 5.69 Å². The molecule has 1 atom stereocenters. The molecule has 1 rings (SSSR count). The van der Waals surface area contributed by atoms with Gasteiger partial charge in [0, 0.05) is 19.3 Å². The Morgan fingerprint density at radius 3 is 2.92 bits per heavy atom. The van der Waals surface area contributed by atoms with Gasteiger partial charge >= 0.3 is 0 Å². The SMILES string of the molecule is CCC[C@H](C)Nc1cnn(C)c1. The van der Waals surface area contributed by atoms with E-state index in [4.69, 9.17) is 0 Å². The van der Waals surface area contributed by atoms with E-state index in [-0.39, 0.29) is 0 Å². The highest BCUT2D eigenvalue weighted by Crippen LogP contribution is 2.08. The number of anilines is 1. The lowest BCUT2D eigenvalue weighted by Crippen LogP contribution is -2.13. The summed E-state index contributed by atoms with van der Waals surface area (Å²) < 4.78 is 1.81. The first-order valence-corrected chi connectivity index (χ1v) is 4.47. The van der Waals surface area contributed by atoms with Crippen LogP contribution < -0.4 is 5.32 Å². The molecule has 12 heavy (non-hydrogen) atoms. The quantitative estimate of drug-likeness (QED) is 0.743. The fourth-order valence-electron chi connectivity index (χ4n) is 1.29. The molecule has 0 aliphatic heterocycles. The van der Waals surface area contributed by atoms with Crippen LogP contribution in [0.25, 0.3) is 0 Å². The van der Waals surface area contributed by atoms with E-state index >= 15 is 0 Å². The lowest BCUT2D eigenvalue weighted by Gasteiger charge is -2.11. The maximum absolute atomic E-state index is 4.08. The average molecular weight is 167 g/mol. The molecule has 1 aromatic heterocycles. The molecule has 0 radical (unpaired) electrons. The Morgan fingerprint density at radius 2 is 2.42 bits per heavy atom. The maximum atomic E-state index is 4.08. The normalized spacial score (nSPS) is 12.9.